The van der Waals surface area contributed by atoms with Gasteiger partial charge in [0.2, 0.25) is 0 Å². The molecule has 0 aromatic heterocycles. The Kier molecular flexibility index (Phi) is 4.21. The van der Waals surface area contributed by atoms with Gasteiger partial charge in [-0.2, -0.15) is 0 Å². The molecule has 0 atom stereocenters. The molecule has 0 saturated carbocycles. The molecule has 0 radical (unpaired) electrons. The summed E-state index contributed by atoms with van der Waals surface area (Å²) in [4.78, 5) is 11.3. The predicted octanol–water partition coefficient (Wildman–Crippen LogP) is 3.26. The van der Waals surface area contributed by atoms with E-state index in [-0.39, 0.29) is 5.78 Å². The van der Waals surface area contributed by atoms with Crippen molar-refractivity contribution in [1.82, 2.24) is 0 Å². The van der Waals surface area contributed by atoms with Crippen molar-refractivity contribution in [2.24, 2.45) is 0 Å². The Morgan fingerprint density at radius 3 is 2.42 bits per heavy atom. The van der Waals surface area contributed by atoms with Crippen molar-refractivity contribution in [2.75, 3.05) is 5.33 Å². The Bertz CT molecular complexity index is 268. The van der Waals surface area contributed by atoms with Crippen molar-refractivity contribution in [3.8, 4) is 0 Å². The summed E-state index contributed by atoms with van der Waals surface area (Å²) in [6.45, 7) is 0. The molecular formula is C9H8BrIO. The van der Waals surface area contributed by atoms with Crippen LogP contribution in [0.25, 0.3) is 0 Å². The number of carbonyl (C=O) groups excluding carboxylic acids is 1. The highest BCUT2D eigenvalue weighted by atomic mass is 127. The zero-order valence-electron chi connectivity index (χ0n) is 6.39. The third kappa shape index (κ3) is 2.86. The molecule has 1 nitrogen and oxygen atoms in total. The Hall–Kier alpha value is 0.1000. The maximum atomic E-state index is 11.3. The molecule has 0 aliphatic heterocycles. The van der Waals surface area contributed by atoms with Gasteiger partial charge in [0, 0.05) is 20.9 Å². The van der Waals surface area contributed by atoms with E-state index in [2.05, 4.69) is 38.5 Å². The second-order valence-electron chi connectivity index (χ2n) is 2.37. The lowest BCUT2D eigenvalue weighted by atomic mass is 10.1. The normalized spacial score (nSPS) is 9.83. The lowest BCUT2D eigenvalue weighted by Crippen LogP contribution is -1.98. The van der Waals surface area contributed by atoms with Gasteiger partial charge in [-0.25, -0.2) is 0 Å². The van der Waals surface area contributed by atoms with Crippen LogP contribution in [0.4, 0.5) is 0 Å². The van der Waals surface area contributed by atoms with Crippen molar-refractivity contribution in [1.29, 1.82) is 0 Å². The molecule has 3 heteroatoms. The first-order valence-electron chi connectivity index (χ1n) is 3.59. The van der Waals surface area contributed by atoms with Crippen molar-refractivity contribution in [2.45, 2.75) is 6.42 Å². The summed E-state index contributed by atoms with van der Waals surface area (Å²) in [5.41, 5.74) is 0.801. The van der Waals surface area contributed by atoms with E-state index in [1.54, 1.807) is 0 Å². The Morgan fingerprint density at radius 2 is 1.92 bits per heavy atom. The maximum absolute atomic E-state index is 11.3. The van der Waals surface area contributed by atoms with Crippen LogP contribution in [0.15, 0.2) is 24.3 Å². The topological polar surface area (TPSA) is 17.1 Å². The highest BCUT2D eigenvalue weighted by molar-refractivity contribution is 14.1. The zero-order chi connectivity index (χ0) is 8.97. The molecule has 0 aliphatic carbocycles. The summed E-state index contributed by atoms with van der Waals surface area (Å²) in [5.74, 6) is 0.197. The Labute approximate surface area is 93.8 Å². The summed E-state index contributed by atoms with van der Waals surface area (Å²) < 4.78 is 1.16. The fourth-order valence-electron chi connectivity index (χ4n) is 0.866. The van der Waals surface area contributed by atoms with Crippen molar-refractivity contribution >= 4 is 44.3 Å². The number of ketones is 1. The number of hydrogen-bond donors (Lipinski definition) is 0. The van der Waals surface area contributed by atoms with Crippen LogP contribution >= 0.6 is 38.5 Å². The molecule has 1 aromatic rings. The molecular weight excluding hydrogens is 331 g/mol. The van der Waals surface area contributed by atoms with E-state index in [1.165, 1.54) is 0 Å². The number of Topliss-reactive ketones (excluding diaryl/α,β-unsaturated/α-hetero) is 1. The SMILES string of the molecule is O=C(CCBr)c1ccc(I)cc1. The maximum Gasteiger partial charge on any atom is 0.163 e. The third-order valence-electron chi connectivity index (χ3n) is 1.49. The second-order valence-corrected chi connectivity index (χ2v) is 4.41. The largest absolute Gasteiger partial charge is 0.294 e. The number of rotatable bonds is 3. The first-order valence-corrected chi connectivity index (χ1v) is 5.79. The fourth-order valence-corrected chi connectivity index (χ4v) is 1.59. The summed E-state index contributed by atoms with van der Waals surface area (Å²) in [5, 5.41) is 0.734. The number of halogens is 2. The van der Waals surface area contributed by atoms with Gasteiger partial charge >= 0.3 is 0 Å². The van der Waals surface area contributed by atoms with Crippen LogP contribution in [0, 0.1) is 3.57 Å². The highest BCUT2D eigenvalue weighted by Crippen LogP contribution is 2.09. The summed E-state index contributed by atoms with van der Waals surface area (Å²) >= 11 is 5.46. The quantitative estimate of drug-likeness (QED) is 0.469. The van der Waals surface area contributed by atoms with Gasteiger partial charge < -0.3 is 0 Å². The van der Waals surface area contributed by atoms with Crippen LogP contribution < -0.4 is 0 Å². The zero-order valence-corrected chi connectivity index (χ0v) is 10.1. The van der Waals surface area contributed by atoms with E-state index in [9.17, 15) is 4.79 Å². The molecule has 0 saturated heterocycles. The molecule has 1 aromatic carbocycles. The Balaban J connectivity index is 2.75. The first-order chi connectivity index (χ1) is 5.74. The van der Waals surface area contributed by atoms with Gasteiger partial charge in [-0.15, -0.1) is 0 Å². The molecule has 0 amide bonds. The third-order valence-corrected chi connectivity index (χ3v) is 2.60. The van der Waals surface area contributed by atoms with E-state index in [4.69, 9.17) is 0 Å². The number of benzene rings is 1. The number of carbonyl (C=O) groups is 1. The van der Waals surface area contributed by atoms with Gasteiger partial charge in [0.25, 0.3) is 0 Å². The monoisotopic (exact) mass is 338 g/mol. The van der Waals surface area contributed by atoms with Crippen LogP contribution in [0.1, 0.15) is 16.8 Å². The van der Waals surface area contributed by atoms with Crippen LogP contribution in [0.2, 0.25) is 0 Å². The van der Waals surface area contributed by atoms with Crippen molar-refractivity contribution < 1.29 is 4.79 Å². The lowest BCUT2D eigenvalue weighted by Gasteiger charge is -1.97. The van der Waals surface area contributed by atoms with Gasteiger partial charge in [-0.3, -0.25) is 4.79 Å². The van der Waals surface area contributed by atoms with E-state index in [1.807, 2.05) is 24.3 Å². The summed E-state index contributed by atoms with van der Waals surface area (Å²) in [6, 6.07) is 7.63. The van der Waals surface area contributed by atoms with Gasteiger partial charge in [0.15, 0.2) is 5.78 Å². The van der Waals surface area contributed by atoms with Gasteiger partial charge in [0.05, 0.1) is 0 Å². The predicted molar refractivity (Wildman–Crippen MR) is 61.9 cm³/mol. The average molecular weight is 339 g/mol. The van der Waals surface area contributed by atoms with Crippen molar-refractivity contribution in [3.63, 3.8) is 0 Å². The molecule has 0 N–H and O–H groups in total. The lowest BCUT2D eigenvalue weighted by molar-refractivity contribution is 0.0990. The summed E-state index contributed by atoms with van der Waals surface area (Å²) in [7, 11) is 0. The molecule has 0 aliphatic rings. The molecule has 1 rings (SSSR count). The Morgan fingerprint density at radius 1 is 1.33 bits per heavy atom. The standard InChI is InChI=1S/C9H8BrIO/c10-6-5-9(12)7-1-3-8(11)4-2-7/h1-4H,5-6H2. The van der Waals surface area contributed by atoms with Crippen LogP contribution in [0.3, 0.4) is 0 Å². The molecule has 0 fully saturated rings. The van der Waals surface area contributed by atoms with E-state index >= 15 is 0 Å². The molecule has 0 bridgehead atoms. The summed E-state index contributed by atoms with van der Waals surface area (Å²) in [6.07, 6.45) is 0.570. The first kappa shape index (κ1) is 10.2. The molecule has 0 unspecified atom stereocenters. The van der Waals surface area contributed by atoms with E-state index in [0.717, 1.165) is 14.5 Å². The minimum Gasteiger partial charge on any atom is -0.294 e. The molecule has 0 heterocycles. The number of hydrogen-bond acceptors (Lipinski definition) is 1. The van der Waals surface area contributed by atoms with Crippen LogP contribution in [-0.4, -0.2) is 11.1 Å². The van der Waals surface area contributed by atoms with Gasteiger partial charge in [-0.05, 0) is 34.7 Å². The van der Waals surface area contributed by atoms with Crippen LogP contribution in [-0.2, 0) is 0 Å². The molecule has 12 heavy (non-hydrogen) atoms. The molecule has 0 spiro atoms. The van der Waals surface area contributed by atoms with Crippen LogP contribution in [0.5, 0.6) is 0 Å². The van der Waals surface area contributed by atoms with Crippen molar-refractivity contribution in [3.05, 3.63) is 33.4 Å². The molecule has 64 valence electrons. The van der Waals surface area contributed by atoms with E-state index in [0.29, 0.717) is 6.42 Å². The second kappa shape index (κ2) is 4.97. The fraction of sp³-hybridized carbons (Fsp3) is 0.222. The van der Waals surface area contributed by atoms with E-state index < -0.39 is 0 Å². The highest BCUT2D eigenvalue weighted by Gasteiger charge is 2.02. The minimum absolute atomic E-state index is 0.197. The average Bonchev–Trinajstić information content (AvgIpc) is 2.06. The van der Waals surface area contributed by atoms with Gasteiger partial charge in [-0.1, -0.05) is 28.1 Å². The smallest absolute Gasteiger partial charge is 0.163 e. The number of alkyl halides is 1. The van der Waals surface area contributed by atoms with Gasteiger partial charge in [0.1, 0.15) is 0 Å². The minimum atomic E-state index is 0.197.